The monoisotopic (exact) mass is 278 g/mol. The van der Waals surface area contributed by atoms with Crippen LogP contribution < -0.4 is 11.1 Å². The van der Waals surface area contributed by atoms with E-state index in [0.717, 1.165) is 11.3 Å². The highest BCUT2D eigenvalue weighted by Gasteiger charge is 2.13. The summed E-state index contributed by atoms with van der Waals surface area (Å²) in [4.78, 5) is 11.7. The molecule has 4 N–H and O–H groups in total. The van der Waals surface area contributed by atoms with Crippen molar-refractivity contribution < 1.29 is 9.90 Å². The minimum absolute atomic E-state index is 0.172. The quantitative estimate of drug-likeness (QED) is 0.508. The van der Waals surface area contributed by atoms with E-state index in [1.165, 1.54) is 0 Å². The smallest absolute Gasteiger partial charge is 0.237 e. The van der Waals surface area contributed by atoms with E-state index in [2.05, 4.69) is 11.2 Å². The van der Waals surface area contributed by atoms with Gasteiger partial charge in [0.1, 0.15) is 5.75 Å². The maximum absolute atomic E-state index is 11.7. The van der Waals surface area contributed by atoms with Gasteiger partial charge in [-0.05, 0) is 24.1 Å². The van der Waals surface area contributed by atoms with Crippen LogP contribution in [0.5, 0.6) is 5.75 Å². The van der Waals surface area contributed by atoms with E-state index < -0.39 is 6.04 Å². The lowest BCUT2D eigenvalue weighted by molar-refractivity contribution is -0.122. The van der Waals surface area contributed by atoms with Crippen molar-refractivity contribution in [2.75, 3.05) is 18.1 Å². The maximum Gasteiger partial charge on any atom is 0.237 e. The van der Waals surface area contributed by atoms with Gasteiger partial charge in [0.2, 0.25) is 5.91 Å². The summed E-state index contributed by atoms with van der Waals surface area (Å²) in [5, 5.41) is 11.9. The first-order valence-electron chi connectivity index (χ1n) is 5.96. The summed E-state index contributed by atoms with van der Waals surface area (Å²) in [5.41, 5.74) is 6.73. The number of carbonyl (C=O) groups is 1. The Labute approximate surface area is 117 Å². The third kappa shape index (κ3) is 6.18. The van der Waals surface area contributed by atoms with Gasteiger partial charge in [0.05, 0.1) is 11.8 Å². The number of rotatable bonds is 7. The van der Waals surface area contributed by atoms with Crippen LogP contribution in [0.4, 0.5) is 0 Å². The number of thioether (sulfide) groups is 1. The Balaban J connectivity index is 2.28. The number of carbonyl (C=O) groups excluding carboxylic acids is 1. The number of terminal acetylenes is 1. The van der Waals surface area contributed by atoms with Crippen molar-refractivity contribution in [3.63, 3.8) is 0 Å². The molecule has 1 rings (SSSR count). The fourth-order valence-corrected chi connectivity index (χ4v) is 2.00. The van der Waals surface area contributed by atoms with Gasteiger partial charge in [-0.2, -0.15) is 0 Å². The number of phenolic OH excluding ortho intramolecular Hbond substituents is 1. The second-order valence-electron chi connectivity index (χ2n) is 4.02. The summed E-state index contributed by atoms with van der Waals surface area (Å²) in [6.45, 7) is 0.564. The SMILES string of the molecule is C#CCSCCNC(=O)[C@H](N)Cc1ccc(O)cc1. The topological polar surface area (TPSA) is 75.4 Å². The largest absolute Gasteiger partial charge is 0.508 e. The van der Waals surface area contributed by atoms with E-state index in [9.17, 15) is 4.79 Å². The first-order chi connectivity index (χ1) is 9.13. The maximum atomic E-state index is 11.7. The summed E-state index contributed by atoms with van der Waals surface area (Å²) < 4.78 is 0. The number of nitrogens with one attached hydrogen (secondary N) is 1. The number of amides is 1. The van der Waals surface area contributed by atoms with Crippen molar-refractivity contribution in [1.29, 1.82) is 0 Å². The zero-order chi connectivity index (χ0) is 14.1. The fourth-order valence-electron chi connectivity index (χ4n) is 1.49. The average Bonchev–Trinajstić information content (AvgIpc) is 2.41. The molecule has 0 aromatic heterocycles. The van der Waals surface area contributed by atoms with Gasteiger partial charge in [0.15, 0.2) is 0 Å². The van der Waals surface area contributed by atoms with Gasteiger partial charge in [-0.25, -0.2) is 0 Å². The molecule has 5 heteroatoms. The van der Waals surface area contributed by atoms with Crippen molar-refractivity contribution in [3.8, 4) is 18.1 Å². The summed E-state index contributed by atoms with van der Waals surface area (Å²) in [6.07, 6.45) is 5.57. The highest BCUT2D eigenvalue weighted by molar-refractivity contribution is 7.99. The molecule has 0 saturated heterocycles. The molecule has 0 aliphatic carbocycles. The summed E-state index contributed by atoms with van der Waals surface area (Å²) in [6, 6.07) is 6.09. The van der Waals surface area contributed by atoms with Gasteiger partial charge in [0, 0.05) is 12.3 Å². The fraction of sp³-hybridized carbons (Fsp3) is 0.357. The van der Waals surface area contributed by atoms with E-state index >= 15 is 0 Å². The Morgan fingerprint density at radius 3 is 2.79 bits per heavy atom. The highest BCUT2D eigenvalue weighted by atomic mass is 32.2. The van der Waals surface area contributed by atoms with E-state index in [4.69, 9.17) is 17.3 Å². The van der Waals surface area contributed by atoms with Gasteiger partial charge >= 0.3 is 0 Å². The van der Waals surface area contributed by atoms with Gasteiger partial charge in [-0.1, -0.05) is 18.1 Å². The lowest BCUT2D eigenvalue weighted by Gasteiger charge is -2.12. The van der Waals surface area contributed by atoms with E-state index in [1.54, 1.807) is 36.0 Å². The molecule has 0 unspecified atom stereocenters. The van der Waals surface area contributed by atoms with Crippen molar-refractivity contribution in [2.45, 2.75) is 12.5 Å². The van der Waals surface area contributed by atoms with Crippen LogP contribution in [-0.4, -0.2) is 35.1 Å². The molecule has 0 bridgehead atoms. The van der Waals surface area contributed by atoms with Crippen LogP contribution in [0.25, 0.3) is 0 Å². The molecule has 1 atom stereocenters. The molecule has 1 aromatic carbocycles. The third-order valence-electron chi connectivity index (χ3n) is 2.46. The molecule has 1 amide bonds. The summed E-state index contributed by atoms with van der Waals surface area (Å²) in [7, 11) is 0. The van der Waals surface area contributed by atoms with Crippen LogP contribution in [-0.2, 0) is 11.2 Å². The Bertz CT molecular complexity index is 440. The lowest BCUT2D eigenvalue weighted by Crippen LogP contribution is -2.42. The number of phenols is 1. The first kappa shape index (κ1) is 15.4. The Kier molecular flexibility index (Phi) is 6.86. The van der Waals surface area contributed by atoms with Gasteiger partial charge in [0.25, 0.3) is 0 Å². The van der Waals surface area contributed by atoms with Crippen LogP contribution in [0, 0.1) is 12.3 Å². The highest BCUT2D eigenvalue weighted by Crippen LogP contribution is 2.10. The predicted molar refractivity (Wildman–Crippen MR) is 79.0 cm³/mol. The van der Waals surface area contributed by atoms with E-state index in [0.29, 0.717) is 18.7 Å². The first-order valence-corrected chi connectivity index (χ1v) is 7.11. The van der Waals surface area contributed by atoms with Crippen LogP contribution >= 0.6 is 11.8 Å². The Hall–Kier alpha value is -1.64. The number of hydrogen-bond acceptors (Lipinski definition) is 4. The Morgan fingerprint density at radius 2 is 2.16 bits per heavy atom. The number of benzene rings is 1. The molecule has 0 aliphatic heterocycles. The average molecular weight is 278 g/mol. The molecule has 0 saturated carbocycles. The van der Waals surface area contributed by atoms with Crippen LogP contribution in [0.3, 0.4) is 0 Å². The third-order valence-corrected chi connectivity index (χ3v) is 3.32. The zero-order valence-corrected chi connectivity index (χ0v) is 11.5. The summed E-state index contributed by atoms with van der Waals surface area (Å²) in [5.74, 6) is 3.98. The predicted octanol–water partition coefficient (Wildman–Crippen LogP) is 0.745. The Morgan fingerprint density at radius 1 is 1.47 bits per heavy atom. The normalized spacial score (nSPS) is 11.6. The van der Waals surface area contributed by atoms with Crippen molar-refractivity contribution in [1.82, 2.24) is 5.32 Å². The van der Waals surface area contributed by atoms with Gasteiger partial charge in [-0.3, -0.25) is 4.79 Å². The molecule has 1 aromatic rings. The van der Waals surface area contributed by atoms with E-state index in [-0.39, 0.29) is 11.7 Å². The van der Waals surface area contributed by atoms with Gasteiger partial charge < -0.3 is 16.2 Å². The standard InChI is InChI=1S/C14H18N2O2S/c1-2-8-19-9-7-16-14(18)13(15)10-11-3-5-12(17)6-4-11/h1,3-6,13,17H,7-10,15H2,(H,16,18)/t13-/m1/s1. The molecule has 0 spiro atoms. The van der Waals surface area contributed by atoms with E-state index in [1.807, 2.05) is 0 Å². The lowest BCUT2D eigenvalue weighted by atomic mass is 10.1. The molecule has 0 radical (unpaired) electrons. The van der Waals surface area contributed by atoms with Crippen molar-refractivity contribution in [3.05, 3.63) is 29.8 Å². The van der Waals surface area contributed by atoms with Crippen LogP contribution in [0.2, 0.25) is 0 Å². The minimum Gasteiger partial charge on any atom is -0.508 e. The van der Waals surface area contributed by atoms with Crippen molar-refractivity contribution >= 4 is 17.7 Å². The molecular formula is C14H18N2O2S. The number of hydrogen-bond donors (Lipinski definition) is 3. The van der Waals surface area contributed by atoms with Gasteiger partial charge in [-0.15, -0.1) is 18.2 Å². The molecule has 19 heavy (non-hydrogen) atoms. The number of aromatic hydroxyl groups is 1. The van der Waals surface area contributed by atoms with Crippen LogP contribution in [0.15, 0.2) is 24.3 Å². The molecule has 0 heterocycles. The molecule has 102 valence electrons. The zero-order valence-electron chi connectivity index (χ0n) is 10.6. The number of nitrogens with two attached hydrogens (primary N) is 1. The molecular weight excluding hydrogens is 260 g/mol. The van der Waals surface area contributed by atoms with Crippen LogP contribution in [0.1, 0.15) is 5.56 Å². The summed E-state index contributed by atoms with van der Waals surface area (Å²) >= 11 is 1.59. The second kappa shape index (κ2) is 8.46. The molecule has 4 nitrogen and oxygen atoms in total. The molecule has 0 fully saturated rings. The minimum atomic E-state index is -0.581. The second-order valence-corrected chi connectivity index (χ2v) is 5.13. The van der Waals surface area contributed by atoms with Crippen molar-refractivity contribution in [2.24, 2.45) is 5.73 Å². The molecule has 0 aliphatic rings.